The molecule has 0 saturated heterocycles. The Kier molecular flexibility index (Phi) is 6.32. The minimum atomic E-state index is 0.576. The Labute approximate surface area is 103 Å². The van der Waals surface area contributed by atoms with Gasteiger partial charge in [-0.25, -0.2) is 4.98 Å². The molecule has 0 bridgehead atoms. The van der Waals surface area contributed by atoms with Gasteiger partial charge in [-0.15, -0.1) is 0 Å². The van der Waals surface area contributed by atoms with Crippen molar-refractivity contribution in [1.82, 2.24) is 9.97 Å². The third-order valence-corrected chi connectivity index (χ3v) is 2.00. The number of rotatable bonds is 8. The number of hydrogen-bond acceptors (Lipinski definition) is 5. The molecule has 0 spiro atoms. The van der Waals surface area contributed by atoms with E-state index < -0.39 is 0 Å². The number of aromatic nitrogens is 2. The summed E-state index contributed by atoms with van der Waals surface area (Å²) >= 11 is 0. The van der Waals surface area contributed by atoms with Crippen molar-refractivity contribution in [1.29, 1.82) is 0 Å². The lowest BCUT2D eigenvalue weighted by Crippen LogP contribution is -2.13. The van der Waals surface area contributed by atoms with Crippen LogP contribution in [-0.4, -0.2) is 36.3 Å². The van der Waals surface area contributed by atoms with E-state index in [9.17, 15) is 0 Å². The minimum absolute atomic E-state index is 0.576. The predicted molar refractivity (Wildman–Crippen MR) is 70.3 cm³/mol. The van der Waals surface area contributed by atoms with Crippen molar-refractivity contribution < 1.29 is 4.74 Å². The monoisotopic (exact) mass is 238 g/mol. The lowest BCUT2D eigenvalue weighted by Gasteiger charge is -2.09. The Morgan fingerprint density at radius 2 is 1.94 bits per heavy atom. The summed E-state index contributed by atoms with van der Waals surface area (Å²) < 4.78 is 5.47. The van der Waals surface area contributed by atoms with Crippen molar-refractivity contribution >= 4 is 11.6 Å². The van der Waals surface area contributed by atoms with Gasteiger partial charge in [0.2, 0.25) is 0 Å². The third kappa shape index (κ3) is 6.06. The highest BCUT2D eigenvalue weighted by molar-refractivity contribution is 5.41. The number of ether oxygens (including phenoxy) is 1. The van der Waals surface area contributed by atoms with Crippen molar-refractivity contribution in [3.05, 3.63) is 12.4 Å². The fourth-order valence-corrected chi connectivity index (χ4v) is 1.29. The summed E-state index contributed by atoms with van der Waals surface area (Å²) in [5, 5.41) is 6.30. The van der Waals surface area contributed by atoms with Gasteiger partial charge < -0.3 is 15.4 Å². The van der Waals surface area contributed by atoms with E-state index in [2.05, 4.69) is 34.4 Å². The highest BCUT2D eigenvalue weighted by atomic mass is 16.5. The van der Waals surface area contributed by atoms with E-state index in [1.165, 1.54) is 0 Å². The van der Waals surface area contributed by atoms with Gasteiger partial charge in [-0.3, -0.25) is 4.98 Å². The highest BCUT2D eigenvalue weighted by Crippen LogP contribution is 2.05. The molecule has 0 unspecified atom stereocenters. The Bertz CT molecular complexity index is 317. The summed E-state index contributed by atoms with van der Waals surface area (Å²) in [6, 6.07) is 0. The standard InChI is InChI=1S/C12H22N4O/c1-4-14-11-7-13-8-12(16-11)15-5-6-17-9-10(2)3/h7-8,10H,4-6,9H2,1-3H3,(H2,14,15,16). The molecule has 0 aliphatic heterocycles. The minimum Gasteiger partial charge on any atom is -0.379 e. The summed E-state index contributed by atoms with van der Waals surface area (Å²) in [6.07, 6.45) is 3.42. The van der Waals surface area contributed by atoms with Gasteiger partial charge in [0, 0.05) is 19.7 Å². The van der Waals surface area contributed by atoms with Crippen LogP contribution in [-0.2, 0) is 4.74 Å². The second-order valence-electron chi connectivity index (χ2n) is 4.22. The van der Waals surface area contributed by atoms with Crippen LogP contribution in [0.4, 0.5) is 11.6 Å². The summed E-state index contributed by atoms with van der Waals surface area (Å²) in [4.78, 5) is 8.46. The van der Waals surface area contributed by atoms with Gasteiger partial charge in [-0.2, -0.15) is 0 Å². The van der Waals surface area contributed by atoms with Crippen LogP contribution in [0.1, 0.15) is 20.8 Å². The average Bonchev–Trinajstić information content (AvgIpc) is 2.29. The normalized spacial score (nSPS) is 10.6. The third-order valence-electron chi connectivity index (χ3n) is 2.00. The van der Waals surface area contributed by atoms with Crippen LogP contribution in [0.2, 0.25) is 0 Å². The fourth-order valence-electron chi connectivity index (χ4n) is 1.29. The molecule has 96 valence electrons. The molecule has 5 nitrogen and oxygen atoms in total. The molecule has 0 aromatic carbocycles. The van der Waals surface area contributed by atoms with Gasteiger partial charge in [-0.1, -0.05) is 13.8 Å². The van der Waals surface area contributed by atoms with Crippen LogP contribution >= 0.6 is 0 Å². The molecule has 0 amide bonds. The van der Waals surface area contributed by atoms with Crippen LogP contribution < -0.4 is 10.6 Å². The molecule has 0 radical (unpaired) electrons. The fraction of sp³-hybridized carbons (Fsp3) is 0.667. The molecule has 0 atom stereocenters. The van der Waals surface area contributed by atoms with E-state index in [0.717, 1.165) is 31.3 Å². The molecular weight excluding hydrogens is 216 g/mol. The summed E-state index contributed by atoms with van der Waals surface area (Å²) in [6.45, 7) is 9.38. The second kappa shape index (κ2) is 7.84. The van der Waals surface area contributed by atoms with E-state index in [-0.39, 0.29) is 0 Å². The first-order valence-electron chi connectivity index (χ1n) is 6.10. The summed E-state index contributed by atoms with van der Waals surface area (Å²) in [7, 11) is 0. The Balaban J connectivity index is 2.24. The maximum absolute atomic E-state index is 5.47. The van der Waals surface area contributed by atoms with Gasteiger partial charge in [0.25, 0.3) is 0 Å². The van der Waals surface area contributed by atoms with E-state index >= 15 is 0 Å². The van der Waals surface area contributed by atoms with Crippen LogP contribution in [0.25, 0.3) is 0 Å². The van der Waals surface area contributed by atoms with Gasteiger partial charge in [0.05, 0.1) is 19.0 Å². The van der Waals surface area contributed by atoms with Crippen molar-refractivity contribution in [3.63, 3.8) is 0 Å². The number of anilines is 2. The Morgan fingerprint density at radius 3 is 2.59 bits per heavy atom. The van der Waals surface area contributed by atoms with Gasteiger partial charge in [-0.05, 0) is 12.8 Å². The Hall–Kier alpha value is -1.36. The molecular formula is C12H22N4O. The first-order valence-corrected chi connectivity index (χ1v) is 6.10. The molecule has 1 aromatic heterocycles. The quantitative estimate of drug-likeness (QED) is 0.678. The zero-order valence-electron chi connectivity index (χ0n) is 10.9. The molecule has 0 fully saturated rings. The van der Waals surface area contributed by atoms with Crippen LogP contribution in [0.3, 0.4) is 0 Å². The van der Waals surface area contributed by atoms with Crippen LogP contribution in [0, 0.1) is 5.92 Å². The number of nitrogens with one attached hydrogen (secondary N) is 2. The van der Waals surface area contributed by atoms with Crippen LogP contribution in [0.15, 0.2) is 12.4 Å². The van der Waals surface area contributed by atoms with Gasteiger partial charge >= 0.3 is 0 Å². The van der Waals surface area contributed by atoms with E-state index in [1.807, 2.05) is 6.92 Å². The molecule has 0 saturated carbocycles. The van der Waals surface area contributed by atoms with Crippen molar-refractivity contribution in [2.75, 3.05) is 36.9 Å². The molecule has 0 aliphatic rings. The van der Waals surface area contributed by atoms with Crippen molar-refractivity contribution in [2.24, 2.45) is 5.92 Å². The zero-order chi connectivity index (χ0) is 12.5. The predicted octanol–water partition coefficient (Wildman–Crippen LogP) is 1.99. The number of nitrogens with zero attached hydrogens (tertiary/aromatic N) is 2. The van der Waals surface area contributed by atoms with Crippen LogP contribution in [0.5, 0.6) is 0 Å². The molecule has 1 rings (SSSR count). The molecule has 1 heterocycles. The highest BCUT2D eigenvalue weighted by Gasteiger charge is 1.97. The van der Waals surface area contributed by atoms with Crippen molar-refractivity contribution in [3.8, 4) is 0 Å². The first-order chi connectivity index (χ1) is 8.22. The lowest BCUT2D eigenvalue weighted by atomic mass is 10.2. The van der Waals surface area contributed by atoms with Crippen molar-refractivity contribution in [2.45, 2.75) is 20.8 Å². The summed E-state index contributed by atoms with van der Waals surface area (Å²) in [5.41, 5.74) is 0. The average molecular weight is 238 g/mol. The van der Waals surface area contributed by atoms with Gasteiger partial charge in [0.1, 0.15) is 11.6 Å². The molecule has 5 heteroatoms. The maximum atomic E-state index is 5.47. The first kappa shape index (κ1) is 13.7. The molecule has 1 aromatic rings. The molecule has 0 aliphatic carbocycles. The van der Waals surface area contributed by atoms with E-state index in [0.29, 0.717) is 12.5 Å². The number of hydrogen-bond donors (Lipinski definition) is 2. The largest absolute Gasteiger partial charge is 0.379 e. The summed E-state index contributed by atoms with van der Waals surface area (Å²) in [5.74, 6) is 2.14. The SMILES string of the molecule is CCNc1cncc(NCCOCC(C)C)n1. The second-order valence-corrected chi connectivity index (χ2v) is 4.22. The maximum Gasteiger partial charge on any atom is 0.147 e. The van der Waals surface area contributed by atoms with E-state index in [1.54, 1.807) is 12.4 Å². The molecule has 17 heavy (non-hydrogen) atoms. The van der Waals surface area contributed by atoms with Gasteiger partial charge in [0.15, 0.2) is 0 Å². The zero-order valence-corrected chi connectivity index (χ0v) is 10.9. The molecule has 2 N–H and O–H groups in total. The van der Waals surface area contributed by atoms with E-state index in [4.69, 9.17) is 4.74 Å². The Morgan fingerprint density at radius 1 is 1.24 bits per heavy atom. The smallest absolute Gasteiger partial charge is 0.147 e. The lowest BCUT2D eigenvalue weighted by molar-refractivity contribution is 0.118. The topological polar surface area (TPSA) is 59.1 Å².